The van der Waals surface area contributed by atoms with Gasteiger partial charge in [0.05, 0.1) is 34.3 Å². The van der Waals surface area contributed by atoms with Crippen LogP contribution in [0, 0.1) is 19.7 Å². The Labute approximate surface area is 176 Å². The van der Waals surface area contributed by atoms with Gasteiger partial charge in [-0.25, -0.2) is 9.37 Å². The first-order valence-corrected chi connectivity index (χ1v) is 9.44. The first-order valence-electron chi connectivity index (χ1n) is 9.44. The van der Waals surface area contributed by atoms with Crippen LogP contribution in [-0.4, -0.2) is 25.4 Å². The number of ether oxygens (including phenoxy) is 1. The molecular weight excluding hydrogens is 401 g/mol. The molecule has 9 heteroatoms. The second kappa shape index (κ2) is 8.31. The number of halogens is 1. The maximum absolute atomic E-state index is 13.8. The minimum absolute atomic E-state index is 0.00117. The molecule has 0 spiro atoms. The van der Waals surface area contributed by atoms with Gasteiger partial charge in [0.2, 0.25) is 5.91 Å². The summed E-state index contributed by atoms with van der Waals surface area (Å²) in [7, 11) is 0. The fraction of sp³-hybridized carbons (Fsp3) is 0.136. The lowest BCUT2D eigenvalue weighted by Crippen LogP contribution is -2.28. The predicted octanol–water partition coefficient (Wildman–Crippen LogP) is 3.37. The van der Waals surface area contributed by atoms with Crippen LogP contribution >= 0.6 is 0 Å². The molecule has 2 heterocycles. The molecule has 8 nitrogen and oxygen atoms in total. The smallest absolute Gasteiger partial charge is 0.322 e. The van der Waals surface area contributed by atoms with Crippen LogP contribution in [0.25, 0.3) is 10.9 Å². The van der Waals surface area contributed by atoms with Gasteiger partial charge in [-0.2, -0.15) is 9.97 Å². The van der Waals surface area contributed by atoms with E-state index in [4.69, 9.17) is 4.74 Å². The van der Waals surface area contributed by atoms with Gasteiger partial charge in [-0.3, -0.25) is 14.2 Å². The predicted molar refractivity (Wildman–Crippen MR) is 113 cm³/mol. The Balaban J connectivity index is 1.53. The molecule has 0 aliphatic carbocycles. The topological polar surface area (TPSA) is 99.0 Å². The molecule has 2 aromatic carbocycles. The van der Waals surface area contributed by atoms with E-state index in [2.05, 4.69) is 20.3 Å². The summed E-state index contributed by atoms with van der Waals surface area (Å²) >= 11 is 0. The van der Waals surface area contributed by atoms with Gasteiger partial charge in [0.1, 0.15) is 6.54 Å². The number of aryl methyl sites for hydroxylation is 2. The maximum atomic E-state index is 13.8. The van der Waals surface area contributed by atoms with Gasteiger partial charge in [0.25, 0.3) is 5.56 Å². The van der Waals surface area contributed by atoms with Crippen molar-refractivity contribution in [1.82, 2.24) is 19.5 Å². The third-order valence-corrected chi connectivity index (χ3v) is 4.60. The summed E-state index contributed by atoms with van der Waals surface area (Å²) in [5.74, 6) is -0.966. The van der Waals surface area contributed by atoms with E-state index < -0.39 is 11.7 Å². The lowest BCUT2D eigenvalue weighted by Gasteiger charge is -2.13. The summed E-state index contributed by atoms with van der Waals surface area (Å²) < 4.78 is 20.4. The average Bonchev–Trinajstić information content (AvgIpc) is 2.75. The van der Waals surface area contributed by atoms with Gasteiger partial charge in [-0.1, -0.05) is 24.3 Å². The number of aromatic nitrogens is 4. The number of nitrogens with one attached hydrogen (secondary N) is 1. The molecule has 0 fully saturated rings. The van der Waals surface area contributed by atoms with Crippen LogP contribution in [0.5, 0.6) is 11.8 Å². The Morgan fingerprint density at radius 2 is 1.74 bits per heavy atom. The number of benzene rings is 2. The minimum atomic E-state index is -0.534. The highest BCUT2D eigenvalue weighted by molar-refractivity contribution is 5.91. The molecule has 0 saturated heterocycles. The number of carbonyl (C=O) groups excluding carboxylic acids is 1. The van der Waals surface area contributed by atoms with E-state index in [1.807, 2.05) is 0 Å². The summed E-state index contributed by atoms with van der Waals surface area (Å²) in [5.41, 5.74) is 1.54. The van der Waals surface area contributed by atoms with E-state index in [0.29, 0.717) is 28.0 Å². The molecule has 1 amide bonds. The molecule has 0 atom stereocenters. The van der Waals surface area contributed by atoms with Gasteiger partial charge in [0, 0.05) is 0 Å². The number of para-hydroxylation sites is 2. The molecule has 0 unspecified atom stereocenters. The number of carbonyl (C=O) groups is 1. The quantitative estimate of drug-likeness (QED) is 0.533. The van der Waals surface area contributed by atoms with Crippen molar-refractivity contribution in [2.24, 2.45) is 0 Å². The Kier molecular flexibility index (Phi) is 5.40. The number of rotatable bonds is 5. The Hall–Kier alpha value is -4.14. The van der Waals surface area contributed by atoms with Crippen LogP contribution in [-0.2, 0) is 11.3 Å². The van der Waals surface area contributed by atoms with E-state index in [1.165, 1.54) is 23.0 Å². The molecule has 0 radical (unpaired) electrons. The normalized spacial score (nSPS) is 10.8. The van der Waals surface area contributed by atoms with Crippen LogP contribution < -0.4 is 15.6 Å². The minimum Gasteiger partial charge on any atom is -0.421 e. The molecule has 2 aromatic heterocycles. The van der Waals surface area contributed by atoms with Crippen LogP contribution in [0.1, 0.15) is 11.4 Å². The average molecular weight is 419 g/mol. The molecule has 0 saturated carbocycles. The molecule has 0 bridgehead atoms. The highest BCUT2D eigenvalue weighted by Crippen LogP contribution is 2.25. The largest absolute Gasteiger partial charge is 0.421 e. The Bertz CT molecular complexity index is 1330. The first kappa shape index (κ1) is 20.1. The zero-order valence-electron chi connectivity index (χ0n) is 16.8. The third-order valence-electron chi connectivity index (χ3n) is 4.60. The van der Waals surface area contributed by atoms with Crippen molar-refractivity contribution >= 4 is 22.5 Å². The van der Waals surface area contributed by atoms with Crippen molar-refractivity contribution in [1.29, 1.82) is 0 Å². The lowest BCUT2D eigenvalue weighted by molar-refractivity contribution is -0.116. The monoisotopic (exact) mass is 419 g/mol. The van der Waals surface area contributed by atoms with Gasteiger partial charge >= 0.3 is 6.01 Å². The van der Waals surface area contributed by atoms with Gasteiger partial charge in [-0.05, 0) is 38.1 Å². The fourth-order valence-electron chi connectivity index (χ4n) is 3.09. The van der Waals surface area contributed by atoms with Gasteiger partial charge in [-0.15, -0.1) is 0 Å². The van der Waals surface area contributed by atoms with Crippen molar-refractivity contribution in [2.45, 2.75) is 20.4 Å². The summed E-state index contributed by atoms with van der Waals surface area (Å²) in [6, 6.07) is 12.8. The number of hydrogen-bond acceptors (Lipinski definition) is 6. The maximum Gasteiger partial charge on any atom is 0.322 e. The number of fused-ring (bicyclic) bond motifs is 1. The summed E-state index contributed by atoms with van der Waals surface area (Å²) in [6.45, 7) is 3.12. The number of anilines is 1. The fourth-order valence-corrected chi connectivity index (χ4v) is 3.09. The van der Waals surface area contributed by atoms with Gasteiger partial charge in [0.15, 0.2) is 11.6 Å². The molecular formula is C22H18FN5O3. The van der Waals surface area contributed by atoms with Crippen molar-refractivity contribution < 1.29 is 13.9 Å². The zero-order valence-corrected chi connectivity index (χ0v) is 16.8. The summed E-state index contributed by atoms with van der Waals surface area (Å²) in [4.78, 5) is 37.7. The second-order valence-corrected chi connectivity index (χ2v) is 6.83. The van der Waals surface area contributed by atoms with Crippen LogP contribution in [0.4, 0.5) is 10.1 Å². The highest BCUT2D eigenvalue weighted by atomic mass is 19.1. The van der Waals surface area contributed by atoms with E-state index in [1.54, 1.807) is 50.2 Å². The Morgan fingerprint density at radius 1 is 1.06 bits per heavy atom. The van der Waals surface area contributed by atoms with Gasteiger partial charge < -0.3 is 10.1 Å². The van der Waals surface area contributed by atoms with Crippen molar-refractivity contribution in [3.05, 3.63) is 82.4 Å². The third kappa shape index (κ3) is 4.25. The first-order chi connectivity index (χ1) is 14.9. The lowest BCUT2D eigenvalue weighted by atomic mass is 10.2. The number of hydrogen-bond donors (Lipinski definition) is 1. The van der Waals surface area contributed by atoms with Crippen LogP contribution in [0.15, 0.2) is 59.7 Å². The standard InChI is InChI=1S/C22H18FN5O3/c1-13-20(14(2)26-22(25-13)31-18-10-6-4-8-16(18)23)27-19(29)11-28-12-24-17-9-5-3-7-15(17)21(28)30/h3-10,12H,11H2,1-2H3,(H,27,29). The van der Waals surface area contributed by atoms with Crippen molar-refractivity contribution in [2.75, 3.05) is 5.32 Å². The SMILES string of the molecule is Cc1nc(Oc2ccccc2F)nc(C)c1NC(=O)Cn1cnc2ccccc2c1=O. The Morgan fingerprint density at radius 3 is 2.48 bits per heavy atom. The van der Waals surface area contributed by atoms with Crippen LogP contribution in [0.3, 0.4) is 0 Å². The molecule has 0 aliphatic heterocycles. The molecule has 1 N–H and O–H groups in total. The molecule has 31 heavy (non-hydrogen) atoms. The second-order valence-electron chi connectivity index (χ2n) is 6.83. The molecule has 156 valence electrons. The van der Waals surface area contributed by atoms with E-state index in [9.17, 15) is 14.0 Å². The summed E-state index contributed by atoms with van der Waals surface area (Å²) in [6.07, 6.45) is 1.34. The number of nitrogens with zero attached hydrogens (tertiary/aromatic N) is 4. The summed E-state index contributed by atoms with van der Waals surface area (Å²) in [5, 5.41) is 3.16. The van der Waals surface area contributed by atoms with E-state index in [-0.39, 0.29) is 23.9 Å². The molecule has 4 aromatic rings. The van der Waals surface area contributed by atoms with Crippen LogP contribution in [0.2, 0.25) is 0 Å². The van der Waals surface area contributed by atoms with E-state index >= 15 is 0 Å². The van der Waals surface area contributed by atoms with Crippen molar-refractivity contribution in [3.8, 4) is 11.8 Å². The number of amides is 1. The zero-order chi connectivity index (χ0) is 22.0. The highest BCUT2D eigenvalue weighted by Gasteiger charge is 2.15. The molecule has 0 aliphatic rings. The molecule has 4 rings (SSSR count). The van der Waals surface area contributed by atoms with Crippen molar-refractivity contribution in [3.63, 3.8) is 0 Å². The van der Waals surface area contributed by atoms with E-state index in [0.717, 1.165) is 0 Å².